The third-order valence-corrected chi connectivity index (χ3v) is 3.86. The predicted octanol–water partition coefficient (Wildman–Crippen LogP) is 4.32. The van der Waals surface area contributed by atoms with Gasteiger partial charge >= 0.3 is 0 Å². The van der Waals surface area contributed by atoms with E-state index >= 15 is 0 Å². The minimum atomic E-state index is -0.0771. The lowest BCUT2D eigenvalue weighted by atomic mass is 10.1. The molecular formula is C17H19ClN2O. The first-order valence-electron chi connectivity index (χ1n) is 6.84. The summed E-state index contributed by atoms with van der Waals surface area (Å²) in [5.41, 5.74) is 4.81. The second-order valence-electron chi connectivity index (χ2n) is 5.08. The van der Waals surface area contributed by atoms with Crippen LogP contribution in [0.1, 0.15) is 16.7 Å². The molecule has 2 aromatic rings. The van der Waals surface area contributed by atoms with Gasteiger partial charge in [0.15, 0.2) is 0 Å². The fraction of sp³-hybridized carbons (Fsp3) is 0.235. The average Bonchev–Trinajstić information content (AvgIpc) is 2.45. The van der Waals surface area contributed by atoms with Crippen LogP contribution >= 0.6 is 11.6 Å². The first kappa shape index (κ1) is 15.4. The maximum atomic E-state index is 12.1. The quantitative estimate of drug-likeness (QED) is 0.883. The summed E-state index contributed by atoms with van der Waals surface area (Å²) in [7, 11) is 0. The molecular weight excluding hydrogens is 284 g/mol. The number of anilines is 2. The normalized spacial score (nSPS) is 10.3. The molecule has 0 aliphatic rings. The Morgan fingerprint density at radius 2 is 1.67 bits per heavy atom. The molecule has 1 amide bonds. The molecule has 2 rings (SSSR count). The van der Waals surface area contributed by atoms with Gasteiger partial charge in [-0.05, 0) is 49.6 Å². The van der Waals surface area contributed by atoms with Gasteiger partial charge in [0.25, 0.3) is 0 Å². The van der Waals surface area contributed by atoms with Crippen LogP contribution in [-0.4, -0.2) is 12.5 Å². The Morgan fingerprint density at radius 1 is 1.05 bits per heavy atom. The zero-order valence-corrected chi connectivity index (χ0v) is 13.2. The van der Waals surface area contributed by atoms with Gasteiger partial charge < -0.3 is 10.6 Å². The number of halogens is 1. The Kier molecular flexibility index (Phi) is 4.86. The van der Waals surface area contributed by atoms with E-state index in [0.29, 0.717) is 5.02 Å². The lowest BCUT2D eigenvalue weighted by Gasteiger charge is -2.13. The highest BCUT2D eigenvalue weighted by Gasteiger charge is 2.08. The van der Waals surface area contributed by atoms with Gasteiger partial charge in [0, 0.05) is 16.4 Å². The highest BCUT2D eigenvalue weighted by molar-refractivity contribution is 6.31. The van der Waals surface area contributed by atoms with Crippen LogP contribution in [0.2, 0.25) is 5.02 Å². The second kappa shape index (κ2) is 6.64. The summed E-state index contributed by atoms with van der Waals surface area (Å²) in [5, 5.41) is 6.75. The molecule has 21 heavy (non-hydrogen) atoms. The van der Waals surface area contributed by atoms with E-state index in [4.69, 9.17) is 11.6 Å². The fourth-order valence-electron chi connectivity index (χ4n) is 2.17. The summed E-state index contributed by atoms with van der Waals surface area (Å²) < 4.78 is 0. The van der Waals surface area contributed by atoms with Crippen LogP contribution in [0.15, 0.2) is 36.4 Å². The van der Waals surface area contributed by atoms with E-state index in [0.717, 1.165) is 28.1 Å². The van der Waals surface area contributed by atoms with Gasteiger partial charge in [0.1, 0.15) is 0 Å². The average molecular weight is 303 g/mol. The number of nitrogens with one attached hydrogen (secondary N) is 2. The van der Waals surface area contributed by atoms with Crippen molar-refractivity contribution < 1.29 is 4.79 Å². The first-order chi connectivity index (χ1) is 9.99. The molecule has 0 aliphatic carbocycles. The van der Waals surface area contributed by atoms with Crippen molar-refractivity contribution in [3.8, 4) is 0 Å². The van der Waals surface area contributed by atoms with Crippen LogP contribution in [0, 0.1) is 20.8 Å². The molecule has 0 bridgehead atoms. The van der Waals surface area contributed by atoms with E-state index in [1.807, 2.05) is 57.2 Å². The Bertz CT molecular complexity index is 648. The molecule has 0 heterocycles. The van der Waals surface area contributed by atoms with Crippen LogP contribution in [-0.2, 0) is 4.79 Å². The zero-order chi connectivity index (χ0) is 15.4. The van der Waals surface area contributed by atoms with Gasteiger partial charge in [0.05, 0.1) is 6.54 Å². The zero-order valence-electron chi connectivity index (χ0n) is 12.5. The van der Waals surface area contributed by atoms with Crippen LogP contribution in [0.5, 0.6) is 0 Å². The van der Waals surface area contributed by atoms with Gasteiger partial charge in [-0.1, -0.05) is 35.9 Å². The largest absolute Gasteiger partial charge is 0.376 e. The topological polar surface area (TPSA) is 41.1 Å². The van der Waals surface area contributed by atoms with Gasteiger partial charge in [-0.2, -0.15) is 0 Å². The summed E-state index contributed by atoms with van der Waals surface area (Å²) >= 11 is 6.06. The Balaban J connectivity index is 2.01. The van der Waals surface area contributed by atoms with Crippen molar-refractivity contribution in [1.82, 2.24) is 0 Å². The number of hydrogen-bond donors (Lipinski definition) is 2. The molecule has 0 aromatic heterocycles. The van der Waals surface area contributed by atoms with Crippen molar-refractivity contribution >= 4 is 28.9 Å². The minimum absolute atomic E-state index is 0.0771. The first-order valence-corrected chi connectivity index (χ1v) is 7.22. The molecule has 0 radical (unpaired) electrons. The molecule has 0 saturated heterocycles. The number of para-hydroxylation sites is 1. The molecule has 3 nitrogen and oxygen atoms in total. The molecule has 0 saturated carbocycles. The number of benzene rings is 2. The lowest BCUT2D eigenvalue weighted by molar-refractivity contribution is -0.114. The maximum Gasteiger partial charge on any atom is 0.243 e. The van der Waals surface area contributed by atoms with Crippen molar-refractivity contribution in [3.05, 3.63) is 58.1 Å². The van der Waals surface area contributed by atoms with Crippen molar-refractivity contribution in [3.63, 3.8) is 0 Å². The van der Waals surface area contributed by atoms with E-state index in [2.05, 4.69) is 10.6 Å². The van der Waals surface area contributed by atoms with Crippen LogP contribution in [0.3, 0.4) is 0 Å². The Hall–Kier alpha value is -2.00. The van der Waals surface area contributed by atoms with Crippen molar-refractivity contribution in [2.75, 3.05) is 17.2 Å². The van der Waals surface area contributed by atoms with E-state index in [1.54, 1.807) is 0 Å². The van der Waals surface area contributed by atoms with Crippen molar-refractivity contribution in [2.24, 2.45) is 0 Å². The standard InChI is InChI=1S/C17H19ClN2O/c1-11-6-4-7-12(2)17(11)20-16(21)10-19-15-9-5-8-14(18)13(15)3/h4-9,19H,10H2,1-3H3,(H,20,21). The third kappa shape index (κ3) is 3.76. The molecule has 0 aliphatic heterocycles. The van der Waals surface area contributed by atoms with Gasteiger partial charge in [-0.15, -0.1) is 0 Å². The number of aryl methyl sites for hydroxylation is 2. The number of hydrogen-bond acceptors (Lipinski definition) is 2. The molecule has 0 fully saturated rings. The Morgan fingerprint density at radius 3 is 2.33 bits per heavy atom. The smallest absolute Gasteiger partial charge is 0.243 e. The summed E-state index contributed by atoms with van der Waals surface area (Å²) in [4.78, 5) is 12.1. The molecule has 2 N–H and O–H groups in total. The van der Waals surface area contributed by atoms with Gasteiger partial charge in [-0.25, -0.2) is 0 Å². The highest BCUT2D eigenvalue weighted by atomic mass is 35.5. The highest BCUT2D eigenvalue weighted by Crippen LogP contribution is 2.23. The summed E-state index contributed by atoms with van der Waals surface area (Å²) in [6.45, 7) is 6.09. The molecule has 0 spiro atoms. The number of amides is 1. The van der Waals surface area contributed by atoms with E-state index < -0.39 is 0 Å². The predicted molar refractivity (Wildman–Crippen MR) is 89.2 cm³/mol. The number of carbonyl (C=O) groups is 1. The molecule has 110 valence electrons. The fourth-order valence-corrected chi connectivity index (χ4v) is 2.34. The number of carbonyl (C=O) groups excluding carboxylic acids is 1. The van der Waals surface area contributed by atoms with Crippen LogP contribution in [0.25, 0.3) is 0 Å². The second-order valence-corrected chi connectivity index (χ2v) is 5.49. The van der Waals surface area contributed by atoms with Crippen molar-refractivity contribution in [2.45, 2.75) is 20.8 Å². The van der Waals surface area contributed by atoms with E-state index in [-0.39, 0.29) is 12.5 Å². The summed E-state index contributed by atoms with van der Waals surface area (Å²) in [5.74, 6) is -0.0771. The van der Waals surface area contributed by atoms with Gasteiger partial charge in [0.2, 0.25) is 5.91 Å². The minimum Gasteiger partial charge on any atom is -0.376 e. The monoisotopic (exact) mass is 302 g/mol. The molecule has 0 atom stereocenters. The SMILES string of the molecule is Cc1cccc(C)c1NC(=O)CNc1cccc(Cl)c1C. The third-order valence-electron chi connectivity index (χ3n) is 3.45. The van der Waals surface area contributed by atoms with Crippen LogP contribution in [0.4, 0.5) is 11.4 Å². The van der Waals surface area contributed by atoms with E-state index in [1.165, 1.54) is 0 Å². The van der Waals surface area contributed by atoms with E-state index in [9.17, 15) is 4.79 Å². The summed E-state index contributed by atoms with van der Waals surface area (Å²) in [6.07, 6.45) is 0. The van der Waals surface area contributed by atoms with Crippen molar-refractivity contribution in [1.29, 1.82) is 0 Å². The Labute approximate surface area is 130 Å². The number of rotatable bonds is 4. The molecule has 2 aromatic carbocycles. The van der Waals surface area contributed by atoms with Gasteiger partial charge in [-0.3, -0.25) is 4.79 Å². The maximum absolute atomic E-state index is 12.1. The molecule has 4 heteroatoms. The summed E-state index contributed by atoms with van der Waals surface area (Å²) in [6, 6.07) is 11.6. The lowest BCUT2D eigenvalue weighted by Crippen LogP contribution is -2.23. The van der Waals surface area contributed by atoms with Crippen LogP contribution < -0.4 is 10.6 Å². The molecule has 0 unspecified atom stereocenters.